The van der Waals surface area contributed by atoms with Gasteiger partial charge in [0.15, 0.2) is 17.1 Å². The minimum atomic E-state index is -1.65. The molecule has 1 aliphatic heterocycles. The van der Waals surface area contributed by atoms with E-state index in [1.165, 1.54) is 24.7 Å². The fraction of sp³-hybridized carbons (Fsp3) is 0.533. The number of aromatic nitrogens is 4. The van der Waals surface area contributed by atoms with Crippen molar-refractivity contribution in [3.8, 4) is 0 Å². The van der Waals surface area contributed by atoms with E-state index in [-0.39, 0.29) is 23.8 Å². The fourth-order valence-corrected chi connectivity index (χ4v) is 2.99. The molecule has 3 heterocycles. The summed E-state index contributed by atoms with van der Waals surface area (Å²) in [4.78, 5) is 34.7. The van der Waals surface area contributed by atoms with Gasteiger partial charge in [-0.2, -0.15) is 9.97 Å². The zero-order valence-corrected chi connectivity index (χ0v) is 14.7. The van der Waals surface area contributed by atoms with Crippen LogP contribution < -0.4 is 11.5 Å². The number of nitrogen functional groups attached to an aromatic ring is 2. The van der Waals surface area contributed by atoms with Crippen molar-refractivity contribution in [2.45, 2.75) is 38.2 Å². The Labute approximate surface area is 152 Å². The van der Waals surface area contributed by atoms with Crippen LogP contribution in [0, 0.1) is 0 Å². The van der Waals surface area contributed by atoms with E-state index in [1.807, 2.05) is 0 Å². The molecule has 2 aromatic heterocycles. The summed E-state index contributed by atoms with van der Waals surface area (Å²) in [6.07, 6.45) is -0.317. The number of fused-ring (bicyclic) bond motifs is 1. The summed E-state index contributed by atoms with van der Waals surface area (Å²) in [5, 5.41) is 0. The molecule has 12 heteroatoms. The first-order valence-corrected chi connectivity index (χ1v) is 8.05. The van der Waals surface area contributed by atoms with Crippen LogP contribution in [0.4, 0.5) is 16.2 Å². The van der Waals surface area contributed by atoms with Crippen molar-refractivity contribution in [3.63, 3.8) is 0 Å². The quantitative estimate of drug-likeness (QED) is 0.680. The minimum absolute atomic E-state index is 0.0621. The highest BCUT2D eigenvalue weighted by molar-refractivity contribution is 5.82. The van der Waals surface area contributed by atoms with Crippen LogP contribution in [-0.4, -0.2) is 56.4 Å². The number of carbonyl (C=O) groups is 2. The fourth-order valence-electron chi connectivity index (χ4n) is 2.99. The Morgan fingerprint density at radius 3 is 2.74 bits per heavy atom. The van der Waals surface area contributed by atoms with E-state index < -0.39 is 43.2 Å². The van der Waals surface area contributed by atoms with E-state index in [2.05, 4.69) is 15.0 Å². The van der Waals surface area contributed by atoms with Crippen molar-refractivity contribution in [1.82, 2.24) is 19.5 Å². The Kier molecular flexibility index (Phi) is 4.83. The van der Waals surface area contributed by atoms with Crippen LogP contribution in [0.3, 0.4) is 0 Å². The lowest BCUT2D eigenvalue weighted by molar-refractivity contribution is -0.179. The molecule has 1 saturated heterocycles. The number of nitrogens with zero attached hydrogens (tertiary/aromatic N) is 4. The third kappa shape index (κ3) is 3.47. The van der Waals surface area contributed by atoms with Gasteiger partial charge >= 0.3 is 11.9 Å². The predicted molar refractivity (Wildman–Crippen MR) is 89.8 cm³/mol. The molecule has 0 aromatic carbocycles. The van der Waals surface area contributed by atoms with Gasteiger partial charge in [0.1, 0.15) is 31.1 Å². The third-order valence-electron chi connectivity index (χ3n) is 4.20. The van der Waals surface area contributed by atoms with E-state index in [1.54, 1.807) is 0 Å². The van der Waals surface area contributed by atoms with Crippen molar-refractivity contribution in [2.75, 3.05) is 24.7 Å². The third-order valence-corrected chi connectivity index (χ3v) is 4.20. The molecule has 0 unspecified atom stereocenters. The number of alkyl halides is 1. The van der Waals surface area contributed by atoms with Gasteiger partial charge in [-0.05, 0) is 0 Å². The molecule has 146 valence electrons. The number of ether oxygens (including phenoxy) is 3. The highest BCUT2D eigenvalue weighted by atomic mass is 19.1. The number of halogens is 1. The predicted octanol–water partition coefficient (Wildman–Crippen LogP) is 0.113. The molecule has 3 rings (SSSR count). The monoisotopic (exact) mass is 382 g/mol. The lowest BCUT2D eigenvalue weighted by Crippen LogP contribution is -2.48. The number of hydrogen-bond donors (Lipinski definition) is 2. The van der Waals surface area contributed by atoms with E-state index in [4.69, 9.17) is 25.7 Å². The Balaban J connectivity index is 1.98. The normalized spacial score (nSPS) is 24.9. The van der Waals surface area contributed by atoms with Gasteiger partial charge in [-0.25, -0.2) is 9.37 Å². The maximum absolute atomic E-state index is 14.0. The van der Waals surface area contributed by atoms with Crippen LogP contribution in [0.2, 0.25) is 0 Å². The molecule has 0 spiro atoms. The van der Waals surface area contributed by atoms with Crippen LogP contribution in [0.15, 0.2) is 6.33 Å². The van der Waals surface area contributed by atoms with Crippen LogP contribution in [0.1, 0.15) is 26.5 Å². The topological polar surface area (TPSA) is 157 Å². The Morgan fingerprint density at radius 1 is 1.37 bits per heavy atom. The van der Waals surface area contributed by atoms with Crippen LogP contribution >= 0.6 is 0 Å². The maximum atomic E-state index is 14.0. The van der Waals surface area contributed by atoms with Crippen molar-refractivity contribution in [3.05, 3.63) is 6.33 Å². The van der Waals surface area contributed by atoms with Crippen LogP contribution in [0.5, 0.6) is 0 Å². The summed E-state index contributed by atoms with van der Waals surface area (Å²) >= 11 is 0. The van der Waals surface area contributed by atoms with E-state index in [9.17, 15) is 14.0 Å². The molecular weight excluding hydrogens is 363 g/mol. The molecule has 4 N–H and O–H groups in total. The van der Waals surface area contributed by atoms with E-state index in [0.717, 1.165) is 0 Å². The Hall–Kier alpha value is -3.02. The first kappa shape index (κ1) is 18.8. The maximum Gasteiger partial charge on any atom is 0.303 e. The first-order chi connectivity index (χ1) is 12.8. The number of imidazole rings is 1. The minimum Gasteiger partial charge on any atom is -0.463 e. The lowest BCUT2D eigenvalue weighted by atomic mass is 9.99. The highest BCUT2D eigenvalue weighted by Gasteiger charge is 2.53. The summed E-state index contributed by atoms with van der Waals surface area (Å²) in [7, 11) is 0. The van der Waals surface area contributed by atoms with Gasteiger partial charge in [0.25, 0.3) is 0 Å². The molecule has 11 nitrogen and oxygen atoms in total. The number of anilines is 2. The van der Waals surface area contributed by atoms with Gasteiger partial charge in [-0.3, -0.25) is 14.2 Å². The van der Waals surface area contributed by atoms with Gasteiger partial charge in [0, 0.05) is 20.3 Å². The van der Waals surface area contributed by atoms with E-state index in [0.29, 0.717) is 5.52 Å². The molecule has 27 heavy (non-hydrogen) atoms. The zero-order chi connectivity index (χ0) is 19.8. The van der Waals surface area contributed by atoms with Crippen molar-refractivity contribution < 1.29 is 28.2 Å². The summed E-state index contributed by atoms with van der Waals surface area (Å²) in [6, 6.07) is 0. The van der Waals surface area contributed by atoms with Gasteiger partial charge in [0.05, 0.1) is 6.33 Å². The largest absolute Gasteiger partial charge is 0.463 e. The van der Waals surface area contributed by atoms with Crippen LogP contribution in [-0.2, 0) is 23.8 Å². The van der Waals surface area contributed by atoms with Gasteiger partial charge in [0.2, 0.25) is 5.95 Å². The van der Waals surface area contributed by atoms with Crippen LogP contribution in [0.25, 0.3) is 11.2 Å². The average Bonchev–Trinajstić information content (AvgIpc) is 3.14. The van der Waals surface area contributed by atoms with Gasteiger partial charge < -0.3 is 25.7 Å². The lowest BCUT2D eigenvalue weighted by Gasteiger charge is -2.30. The molecule has 0 amide bonds. The number of esters is 2. The molecular formula is C15H19FN6O5. The smallest absolute Gasteiger partial charge is 0.303 e. The molecule has 2 aromatic rings. The second-order valence-electron chi connectivity index (χ2n) is 6.18. The highest BCUT2D eigenvalue weighted by Crippen LogP contribution is 2.40. The van der Waals surface area contributed by atoms with E-state index >= 15 is 0 Å². The Bertz CT molecular complexity index is 889. The second kappa shape index (κ2) is 6.95. The number of nitrogens with two attached hydrogens (primary N) is 2. The number of hydrogen-bond acceptors (Lipinski definition) is 10. The molecule has 3 atom stereocenters. The second-order valence-corrected chi connectivity index (χ2v) is 6.18. The first-order valence-electron chi connectivity index (χ1n) is 8.05. The van der Waals surface area contributed by atoms with Crippen molar-refractivity contribution >= 4 is 34.9 Å². The molecule has 0 bridgehead atoms. The molecule has 0 saturated carbocycles. The zero-order valence-electron chi connectivity index (χ0n) is 14.7. The Morgan fingerprint density at radius 2 is 2.11 bits per heavy atom. The van der Waals surface area contributed by atoms with Gasteiger partial charge in [-0.15, -0.1) is 0 Å². The summed E-state index contributed by atoms with van der Waals surface area (Å²) < 4.78 is 31.5. The van der Waals surface area contributed by atoms with Gasteiger partial charge in [-0.1, -0.05) is 0 Å². The number of rotatable bonds is 5. The summed E-state index contributed by atoms with van der Waals surface area (Å²) in [6.45, 7) is 0.925. The standard InChI is InChI=1S/C15H19FN6O5/c1-7(23)25-5-15(4-16)9(26-8(2)24)3-10(27-15)22-6-19-11-12(17)20-14(18)21-13(11)22/h6,9-10H,3-5H2,1-2H3,(H4,17,18,20,21)/t9-,10+,15+/m0/s1. The number of carbonyl (C=O) groups excluding carboxylic acids is 2. The summed E-state index contributed by atoms with van der Waals surface area (Å²) in [5.74, 6) is -1.20. The molecule has 0 radical (unpaired) electrons. The molecule has 0 aliphatic carbocycles. The molecule has 1 fully saturated rings. The average molecular weight is 382 g/mol. The summed E-state index contributed by atoms with van der Waals surface area (Å²) in [5.41, 5.74) is 10.4. The van der Waals surface area contributed by atoms with Crippen molar-refractivity contribution in [1.29, 1.82) is 0 Å². The van der Waals surface area contributed by atoms with Crippen molar-refractivity contribution in [2.24, 2.45) is 0 Å². The SMILES string of the molecule is CC(=O)OC[C@@]1(CF)O[C@@H](n2cnc3c(N)nc(N)nc32)C[C@@H]1OC(C)=O. The molecule has 1 aliphatic rings.